The third-order valence-electron chi connectivity index (χ3n) is 1.82. The topological polar surface area (TPSA) is 20.3 Å². The normalized spacial score (nSPS) is 10.7. The summed E-state index contributed by atoms with van der Waals surface area (Å²) >= 11 is 3.19. The van der Waals surface area contributed by atoms with E-state index >= 15 is 0 Å². The standard InChI is InChI=1S/C11H13BrFNO/c1-14(2)7-11(15)5-8-3-9(12)6-10(13)4-8/h3-4,6H,5,7H2,1-2H3. The summed E-state index contributed by atoms with van der Waals surface area (Å²) in [4.78, 5) is 13.3. The summed E-state index contributed by atoms with van der Waals surface area (Å²) in [6.45, 7) is 0.383. The SMILES string of the molecule is CN(C)CC(=O)Cc1cc(F)cc(Br)c1. The Morgan fingerprint density at radius 2 is 2.07 bits per heavy atom. The molecule has 0 amide bonds. The monoisotopic (exact) mass is 273 g/mol. The second kappa shape index (κ2) is 5.37. The predicted octanol–water partition coefficient (Wildman–Crippen LogP) is 2.26. The van der Waals surface area contributed by atoms with Gasteiger partial charge in [0.15, 0.2) is 5.78 Å². The highest BCUT2D eigenvalue weighted by molar-refractivity contribution is 9.10. The zero-order chi connectivity index (χ0) is 11.4. The van der Waals surface area contributed by atoms with Crippen molar-refractivity contribution in [3.05, 3.63) is 34.1 Å². The lowest BCUT2D eigenvalue weighted by atomic mass is 10.1. The smallest absolute Gasteiger partial charge is 0.151 e. The van der Waals surface area contributed by atoms with E-state index in [1.54, 1.807) is 11.0 Å². The molecule has 0 unspecified atom stereocenters. The third-order valence-corrected chi connectivity index (χ3v) is 2.27. The lowest BCUT2D eigenvalue weighted by molar-refractivity contribution is -0.119. The van der Waals surface area contributed by atoms with Gasteiger partial charge in [-0.2, -0.15) is 0 Å². The third kappa shape index (κ3) is 4.53. The molecule has 0 heterocycles. The van der Waals surface area contributed by atoms with Crippen LogP contribution in [-0.4, -0.2) is 31.3 Å². The molecule has 0 saturated carbocycles. The average Bonchev–Trinajstić information content (AvgIpc) is 1.98. The van der Waals surface area contributed by atoms with Gasteiger partial charge in [0, 0.05) is 10.9 Å². The minimum absolute atomic E-state index is 0.0810. The molecule has 0 bridgehead atoms. The molecule has 0 spiro atoms. The maximum atomic E-state index is 13.0. The van der Waals surface area contributed by atoms with E-state index in [0.717, 1.165) is 0 Å². The van der Waals surface area contributed by atoms with Gasteiger partial charge in [0.05, 0.1) is 6.54 Å². The zero-order valence-corrected chi connectivity index (χ0v) is 10.3. The number of nitrogens with zero attached hydrogens (tertiary/aromatic N) is 1. The molecule has 4 heteroatoms. The van der Waals surface area contributed by atoms with Crippen LogP contribution in [0.2, 0.25) is 0 Å². The summed E-state index contributed by atoms with van der Waals surface area (Å²) in [6, 6.07) is 4.52. The summed E-state index contributed by atoms with van der Waals surface area (Å²) in [5.41, 5.74) is 0.703. The van der Waals surface area contributed by atoms with Crippen LogP contribution in [0.25, 0.3) is 0 Å². The predicted molar refractivity (Wildman–Crippen MR) is 61.4 cm³/mol. The molecule has 0 saturated heterocycles. The minimum atomic E-state index is -0.322. The maximum Gasteiger partial charge on any atom is 0.151 e. The number of hydrogen-bond donors (Lipinski definition) is 0. The van der Waals surface area contributed by atoms with Crippen LogP contribution in [0.4, 0.5) is 4.39 Å². The van der Waals surface area contributed by atoms with E-state index in [1.807, 2.05) is 14.1 Å². The number of rotatable bonds is 4. The molecule has 0 atom stereocenters. The molecule has 1 rings (SSSR count). The molecule has 0 aromatic heterocycles. The molecule has 0 aliphatic carbocycles. The Labute approximate surface area is 97.2 Å². The number of Topliss-reactive ketones (excluding diaryl/α,β-unsaturated/α-hetero) is 1. The van der Waals surface area contributed by atoms with Crippen molar-refractivity contribution in [2.45, 2.75) is 6.42 Å². The maximum absolute atomic E-state index is 13.0. The van der Waals surface area contributed by atoms with E-state index in [-0.39, 0.29) is 18.0 Å². The molecule has 0 aliphatic rings. The largest absolute Gasteiger partial charge is 0.302 e. The quantitative estimate of drug-likeness (QED) is 0.839. The molecular formula is C11H13BrFNO. The summed E-state index contributed by atoms with van der Waals surface area (Å²) in [5, 5.41) is 0. The first-order valence-corrected chi connectivity index (χ1v) is 5.38. The summed E-state index contributed by atoms with van der Waals surface area (Å²) < 4.78 is 13.7. The fourth-order valence-corrected chi connectivity index (χ4v) is 1.86. The van der Waals surface area contributed by atoms with Crippen LogP contribution in [0.5, 0.6) is 0 Å². The number of carbonyl (C=O) groups is 1. The number of likely N-dealkylation sites (N-methyl/N-ethyl adjacent to an activating group) is 1. The van der Waals surface area contributed by atoms with Crippen molar-refractivity contribution < 1.29 is 9.18 Å². The molecule has 0 N–H and O–H groups in total. The summed E-state index contributed by atoms with van der Waals surface area (Å²) in [7, 11) is 3.67. The van der Waals surface area contributed by atoms with Crippen LogP contribution in [0, 0.1) is 5.82 Å². The molecule has 15 heavy (non-hydrogen) atoms. The number of carbonyl (C=O) groups excluding carboxylic acids is 1. The van der Waals surface area contributed by atoms with Gasteiger partial charge >= 0.3 is 0 Å². The molecular weight excluding hydrogens is 261 g/mol. The van der Waals surface area contributed by atoms with Crippen molar-refractivity contribution in [3.8, 4) is 0 Å². The van der Waals surface area contributed by atoms with E-state index in [1.165, 1.54) is 12.1 Å². The van der Waals surface area contributed by atoms with Crippen molar-refractivity contribution in [3.63, 3.8) is 0 Å². The first kappa shape index (κ1) is 12.3. The Morgan fingerprint density at radius 3 is 2.60 bits per heavy atom. The van der Waals surface area contributed by atoms with Crippen LogP contribution in [0.3, 0.4) is 0 Å². The van der Waals surface area contributed by atoms with Gasteiger partial charge in [0.1, 0.15) is 5.82 Å². The number of hydrogen-bond acceptors (Lipinski definition) is 2. The van der Waals surface area contributed by atoms with Gasteiger partial charge in [0.25, 0.3) is 0 Å². The van der Waals surface area contributed by atoms with Gasteiger partial charge in [-0.05, 0) is 37.9 Å². The Kier molecular flexibility index (Phi) is 4.42. The molecule has 82 valence electrons. The average molecular weight is 274 g/mol. The number of ketones is 1. The van der Waals surface area contributed by atoms with Gasteiger partial charge in [-0.15, -0.1) is 0 Å². The van der Waals surface area contributed by atoms with Crippen LogP contribution in [0.15, 0.2) is 22.7 Å². The number of halogens is 2. The highest BCUT2D eigenvalue weighted by Crippen LogP contribution is 2.15. The molecule has 1 aromatic carbocycles. The van der Waals surface area contributed by atoms with Crippen molar-refractivity contribution in [1.82, 2.24) is 4.90 Å². The summed E-state index contributed by atoms with van der Waals surface area (Å²) in [6.07, 6.45) is 0.272. The lowest BCUT2D eigenvalue weighted by Gasteiger charge is -2.08. The summed E-state index contributed by atoms with van der Waals surface area (Å²) in [5.74, 6) is -0.241. The van der Waals surface area contributed by atoms with E-state index in [4.69, 9.17) is 0 Å². The minimum Gasteiger partial charge on any atom is -0.302 e. The molecule has 2 nitrogen and oxygen atoms in total. The van der Waals surface area contributed by atoms with Crippen molar-refractivity contribution >= 4 is 21.7 Å². The highest BCUT2D eigenvalue weighted by Gasteiger charge is 2.06. The second-order valence-electron chi connectivity index (χ2n) is 3.73. The van der Waals surface area contributed by atoms with Crippen molar-refractivity contribution in [2.24, 2.45) is 0 Å². The molecule has 1 aromatic rings. The van der Waals surface area contributed by atoms with Crippen LogP contribution in [0.1, 0.15) is 5.56 Å². The van der Waals surface area contributed by atoms with E-state index in [2.05, 4.69) is 15.9 Å². The zero-order valence-electron chi connectivity index (χ0n) is 8.76. The fourth-order valence-electron chi connectivity index (χ4n) is 1.35. The number of benzene rings is 1. The van der Waals surface area contributed by atoms with Crippen LogP contribution < -0.4 is 0 Å². The second-order valence-corrected chi connectivity index (χ2v) is 4.65. The van der Waals surface area contributed by atoms with Gasteiger partial charge in [-0.25, -0.2) is 4.39 Å². The van der Waals surface area contributed by atoms with E-state index < -0.39 is 0 Å². The van der Waals surface area contributed by atoms with E-state index in [9.17, 15) is 9.18 Å². The Hall–Kier alpha value is -0.740. The fraction of sp³-hybridized carbons (Fsp3) is 0.364. The van der Waals surface area contributed by atoms with Gasteiger partial charge in [0.2, 0.25) is 0 Å². The van der Waals surface area contributed by atoms with Crippen molar-refractivity contribution in [1.29, 1.82) is 0 Å². The molecule has 0 radical (unpaired) electrons. The Morgan fingerprint density at radius 1 is 1.40 bits per heavy atom. The van der Waals surface area contributed by atoms with Crippen LogP contribution in [-0.2, 0) is 11.2 Å². The molecule has 0 aliphatic heterocycles. The first-order valence-electron chi connectivity index (χ1n) is 4.59. The van der Waals surface area contributed by atoms with Gasteiger partial charge in [-0.1, -0.05) is 15.9 Å². The Bertz CT molecular complexity index is 345. The molecule has 0 fully saturated rings. The lowest BCUT2D eigenvalue weighted by Crippen LogP contribution is -2.22. The first-order chi connectivity index (χ1) is 6.97. The van der Waals surface area contributed by atoms with Gasteiger partial charge < -0.3 is 4.90 Å². The van der Waals surface area contributed by atoms with Gasteiger partial charge in [-0.3, -0.25) is 4.79 Å². The van der Waals surface area contributed by atoms with E-state index in [0.29, 0.717) is 16.6 Å². The highest BCUT2D eigenvalue weighted by atomic mass is 79.9. The van der Waals surface area contributed by atoms with Crippen LogP contribution >= 0.6 is 15.9 Å². The van der Waals surface area contributed by atoms with Crippen molar-refractivity contribution in [2.75, 3.05) is 20.6 Å². The Balaban J connectivity index is 2.68.